The van der Waals surface area contributed by atoms with E-state index in [0.29, 0.717) is 0 Å². The van der Waals surface area contributed by atoms with E-state index in [1.165, 1.54) is 33.3 Å². The molecule has 1 heterocycles. The minimum atomic E-state index is 1.12. The number of fused-ring (bicyclic) bond motifs is 1. The zero-order valence-corrected chi connectivity index (χ0v) is 10.8. The van der Waals surface area contributed by atoms with Gasteiger partial charge in [-0.15, -0.1) is 0 Å². The second-order valence-corrected chi connectivity index (χ2v) is 4.75. The smallest absolute Gasteiger partial charge is 0.0515 e. The number of hydrogen-bond donors (Lipinski definition) is 0. The summed E-state index contributed by atoms with van der Waals surface area (Å²) in [6.45, 7) is 12.7. The standard InChI is InChI=1S/C15H19N/c1-9(2)14-8-13-7-10(3)11(4)12(5)15(13)16(14)6/h7-8H,1H2,2-6H3. The first kappa shape index (κ1) is 11.0. The molecule has 1 nitrogen and oxygen atoms in total. The molecule has 0 spiro atoms. The molecular formula is C15H19N. The van der Waals surface area contributed by atoms with Gasteiger partial charge in [0.1, 0.15) is 0 Å². The Balaban J connectivity index is 2.93. The third-order valence-corrected chi connectivity index (χ3v) is 3.58. The van der Waals surface area contributed by atoms with Gasteiger partial charge in [-0.05, 0) is 62.1 Å². The third kappa shape index (κ3) is 1.39. The molecule has 0 atom stereocenters. The predicted molar refractivity (Wildman–Crippen MR) is 71.8 cm³/mol. The van der Waals surface area contributed by atoms with Gasteiger partial charge >= 0.3 is 0 Å². The second kappa shape index (κ2) is 3.51. The first-order chi connectivity index (χ1) is 7.43. The number of allylic oxidation sites excluding steroid dienone is 1. The third-order valence-electron chi connectivity index (χ3n) is 3.58. The van der Waals surface area contributed by atoms with E-state index in [1.807, 2.05) is 0 Å². The van der Waals surface area contributed by atoms with Crippen molar-refractivity contribution >= 4 is 16.5 Å². The summed E-state index contributed by atoms with van der Waals surface area (Å²) in [5.41, 5.74) is 7.81. The number of benzene rings is 1. The monoisotopic (exact) mass is 213 g/mol. The van der Waals surface area contributed by atoms with Gasteiger partial charge in [0.2, 0.25) is 0 Å². The normalized spacial score (nSPS) is 11.1. The Morgan fingerprint density at radius 1 is 1.12 bits per heavy atom. The molecule has 2 aromatic rings. The summed E-state index contributed by atoms with van der Waals surface area (Å²) in [5, 5.41) is 1.32. The molecule has 16 heavy (non-hydrogen) atoms. The Morgan fingerprint density at radius 2 is 1.75 bits per heavy atom. The predicted octanol–water partition coefficient (Wildman–Crippen LogP) is 4.14. The maximum atomic E-state index is 4.04. The molecule has 0 bridgehead atoms. The van der Waals surface area contributed by atoms with Gasteiger partial charge in [-0.3, -0.25) is 0 Å². The van der Waals surface area contributed by atoms with Crippen LogP contribution in [-0.2, 0) is 7.05 Å². The van der Waals surface area contributed by atoms with Crippen LogP contribution in [0, 0.1) is 20.8 Å². The van der Waals surface area contributed by atoms with Crippen LogP contribution in [0.2, 0.25) is 0 Å². The van der Waals surface area contributed by atoms with Crippen molar-refractivity contribution in [2.75, 3.05) is 0 Å². The van der Waals surface area contributed by atoms with Crippen molar-refractivity contribution in [2.45, 2.75) is 27.7 Å². The lowest BCUT2D eigenvalue weighted by Crippen LogP contribution is -1.96. The zero-order chi connectivity index (χ0) is 12.0. The quantitative estimate of drug-likeness (QED) is 0.671. The Hall–Kier alpha value is -1.50. The summed E-state index contributed by atoms with van der Waals surface area (Å²) < 4.78 is 2.25. The van der Waals surface area contributed by atoms with Gasteiger partial charge in [0, 0.05) is 18.1 Å². The lowest BCUT2D eigenvalue weighted by Gasteiger charge is -2.09. The van der Waals surface area contributed by atoms with E-state index >= 15 is 0 Å². The number of aromatic nitrogens is 1. The van der Waals surface area contributed by atoms with Crippen molar-refractivity contribution < 1.29 is 0 Å². The van der Waals surface area contributed by atoms with E-state index in [-0.39, 0.29) is 0 Å². The van der Waals surface area contributed by atoms with Crippen LogP contribution in [0.4, 0.5) is 0 Å². The fraction of sp³-hybridized carbons (Fsp3) is 0.333. The van der Waals surface area contributed by atoms with Gasteiger partial charge in [-0.2, -0.15) is 0 Å². The van der Waals surface area contributed by atoms with Crippen LogP contribution >= 0.6 is 0 Å². The molecule has 1 heteroatoms. The summed E-state index contributed by atoms with van der Waals surface area (Å²) in [6, 6.07) is 4.50. The topological polar surface area (TPSA) is 4.93 Å². The van der Waals surface area contributed by atoms with Crippen LogP contribution in [0.3, 0.4) is 0 Å². The van der Waals surface area contributed by atoms with E-state index < -0.39 is 0 Å². The van der Waals surface area contributed by atoms with Gasteiger partial charge < -0.3 is 4.57 Å². The number of rotatable bonds is 1. The minimum Gasteiger partial charge on any atom is -0.344 e. The SMILES string of the molecule is C=C(C)c1cc2cc(C)c(C)c(C)c2n1C. The first-order valence-electron chi connectivity index (χ1n) is 5.65. The van der Waals surface area contributed by atoms with Crippen LogP contribution in [-0.4, -0.2) is 4.57 Å². The average Bonchev–Trinajstić information content (AvgIpc) is 2.52. The molecule has 0 saturated heterocycles. The number of aryl methyl sites for hydroxylation is 3. The molecule has 1 aromatic heterocycles. The zero-order valence-electron chi connectivity index (χ0n) is 10.8. The summed E-state index contributed by atoms with van der Waals surface area (Å²) in [6.07, 6.45) is 0. The minimum absolute atomic E-state index is 1.12. The second-order valence-electron chi connectivity index (χ2n) is 4.75. The maximum Gasteiger partial charge on any atom is 0.0515 e. The van der Waals surface area contributed by atoms with E-state index in [1.54, 1.807) is 0 Å². The van der Waals surface area contributed by atoms with Gasteiger partial charge in [0.05, 0.1) is 5.52 Å². The van der Waals surface area contributed by atoms with Gasteiger partial charge in [0.15, 0.2) is 0 Å². The summed E-state index contributed by atoms with van der Waals surface area (Å²) in [5.74, 6) is 0. The molecule has 2 rings (SSSR count). The Morgan fingerprint density at radius 3 is 2.31 bits per heavy atom. The molecular weight excluding hydrogens is 194 g/mol. The largest absolute Gasteiger partial charge is 0.344 e. The molecule has 0 fully saturated rings. The molecule has 0 unspecified atom stereocenters. The Bertz CT molecular complexity index is 585. The molecule has 0 amide bonds. The van der Waals surface area contributed by atoms with Crippen molar-refractivity contribution in [3.05, 3.63) is 41.1 Å². The van der Waals surface area contributed by atoms with Crippen molar-refractivity contribution in [1.82, 2.24) is 4.57 Å². The van der Waals surface area contributed by atoms with Gasteiger partial charge in [0.25, 0.3) is 0 Å². The molecule has 1 aromatic carbocycles. The van der Waals surface area contributed by atoms with Gasteiger partial charge in [-0.25, -0.2) is 0 Å². The fourth-order valence-electron chi connectivity index (χ4n) is 2.43. The number of hydrogen-bond acceptors (Lipinski definition) is 0. The molecule has 0 saturated carbocycles. The van der Waals surface area contributed by atoms with Crippen molar-refractivity contribution in [1.29, 1.82) is 0 Å². The van der Waals surface area contributed by atoms with Gasteiger partial charge in [-0.1, -0.05) is 6.58 Å². The van der Waals surface area contributed by atoms with E-state index in [9.17, 15) is 0 Å². The van der Waals surface area contributed by atoms with E-state index in [0.717, 1.165) is 5.57 Å². The highest BCUT2D eigenvalue weighted by Crippen LogP contribution is 2.29. The van der Waals surface area contributed by atoms with Crippen LogP contribution in [0.1, 0.15) is 29.3 Å². The molecule has 0 aliphatic carbocycles. The number of nitrogens with zero attached hydrogens (tertiary/aromatic N) is 1. The summed E-state index contributed by atoms with van der Waals surface area (Å²) in [4.78, 5) is 0. The highest BCUT2D eigenvalue weighted by atomic mass is 14.9. The van der Waals surface area contributed by atoms with E-state index in [2.05, 4.69) is 58.0 Å². The van der Waals surface area contributed by atoms with Crippen molar-refractivity contribution in [3.63, 3.8) is 0 Å². The van der Waals surface area contributed by atoms with Crippen LogP contribution < -0.4 is 0 Å². The molecule has 0 N–H and O–H groups in total. The van der Waals surface area contributed by atoms with Crippen molar-refractivity contribution in [3.8, 4) is 0 Å². The Labute approximate surface area is 97.4 Å². The lowest BCUT2D eigenvalue weighted by atomic mass is 10.0. The van der Waals surface area contributed by atoms with Crippen molar-refractivity contribution in [2.24, 2.45) is 7.05 Å². The molecule has 0 aliphatic heterocycles. The molecule has 0 radical (unpaired) electrons. The van der Waals surface area contributed by atoms with Crippen LogP contribution in [0.5, 0.6) is 0 Å². The van der Waals surface area contributed by atoms with Crippen LogP contribution in [0.15, 0.2) is 18.7 Å². The fourth-order valence-corrected chi connectivity index (χ4v) is 2.43. The summed E-state index contributed by atoms with van der Waals surface area (Å²) >= 11 is 0. The molecule has 0 aliphatic rings. The highest BCUT2D eigenvalue weighted by molar-refractivity contribution is 5.89. The Kier molecular flexibility index (Phi) is 2.42. The first-order valence-corrected chi connectivity index (χ1v) is 5.65. The highest BCUT2D eigenvalue weighted by Gasteiger charge is 2.11. The lowest BCUT2D eigenvalue weighted by molar-refractivity contribution is 0.941. The molecule has 84 valence electrons. The maximum absolute atomic E-state index is 4.04. The average molecular weight is 213 g/mol. The van der Waals surface area contributed by atoms with Crippen LogP contribution in [0.25, 0.3) is 16.5 Å². The summed E-state index contributed by atoms with van der Waals surface area (Å²) in [7, 11) is 2.12. The van der Waals surface area contributed by atoms with E-state index in [4.69, 9.17) is 0 Å².